The second kappa shape index (κ2) is 15.7. The van der Waals surface area contributed by atoms with E-state index in [1.807, 2.05) is 48.5 Å². The molecule has 1 saturated heterocycles. The van der Waals surface area contributed by atoms with Gasteiger partial charge < -0.3 is 19.8 Å². The zero-order chi connectivity index (χ0) is 30.5. The van der Waals surface area contributed by atoms with Crippen LogP contribution in [0, 0.1) is 0 Å². The summed E-state index contributed by atoms with van der Waals surface area (Å²) in [7, 11) is 1.68. The molecule has 1 aliphatic heterocycles. The monoisotopic (exact) mass is 578 g/mol. The van der Waals surface area contributed by atoms with E-state index in [0.29, 0.717) is 31.4 Å². The lowest BCUT2D eigenvalue weighted by atomic mass is 10.2. The van der Waals surface area contributed by atoms with Crippen molar-refractivity contribution in [3.8, 4) is 5.75 Å². The molecule has 42 heavy (non-hydrogen) atoms. The van der Waals surface area contributed by atoms with Crippen LogP contribution in [0.3, 0.4) is 0 Å². The van der Waals surface area contributed by atoms with Gasteiger partial charge in [-0.1, -0.05) is 42.5 Å². The number of rotatable bonds is 11. The molecule has 4 rings (SSSR count). The second-order valence-electron chi connectivity index (χ2n) is 9.42. The van der Waals surface area contributed by atoms with Crippen LogP contribution in [0.4, 0.5) is 5.69 Å². The van der Waals surface area contributed by atoms with Crippen molar-refractivity contribution >= 4 is 23.9 Å². The number of aliphatic carboxylic acids is 2. The highest BCUT2D eigenvalue weighted by molar-refractivity contribution is 5.89. The first-order chi connectivity index (χ1) is 20.2. The average molecular weight is 579 g/mol. The van der Waals surface area contributed by atoms with Crippen molar-refractivity contribution in [2.24, 2.45) is 0 Å². The molecule has 0 radical (unpaired) electrons. The molecule has 0 spiro atoms. The number of carbonyl (C=O) groups is 3. The maximum atomic E-state index is 13.0. The fourth-order valence-electron chi connectivity index (χ4n) is 4.55. The molecule has 2 aromatic carbocycles. The van der Waals surface area contributed by atoms with E-state index in [1.165, 1.54) is 15.3 Å². The largest absolute Gasteiger partial charge is 0.495 e. The first kappa shape index (κ1) is 31.6. The second-order valence-corrected chi connectivity index (χ2v) is 9.42. The fourth-order valence-corrected chi connectivity index (χ4v) is 4.55. The molecular formula is C30H34N4O8. The Hall–Kier alpha value is -4.97. The number of benzene rings is 2. The number of carboxylic acids is 2. The topological polar surface area (TPSA) is 151 Å². The van der Waals surface area contributed by atoms with Crippen LogP contribution in [-0.2, 0) is 22.7 Å². The SMILES string of the molecule is COc1ccccc1N1CCN(CCCn2c(=O)c(C=O)cn(Cc3ccccc3)c2=O)CC1.O=C(O)/C=C/C(=O)O. The smallest absolute Gasteiger partial charge is 0.331 e. The van der Waals surface area contributed by atoms with Gasteiger partial charge in [0.15, 0.2) is 6.29 Å². The maximum absolute atomic E-state index is 13.0. The van der Waals surface area contributed by atoms with Gasteiger partial charge in [-0.05, 0) is 30.7 Å². The molecule has 0 atom stereocenters. The number of piperazine rings is 1. The van der Waals surface area contributed by atoms with Crippen molar-refractivity contribution < 1.29 is 29.3 Å². The molecule has 1 fully saturated rings. The lowest BCUT2D eigenvalue weighted by Crippen LogP contribution is -2.47. The first-order valence-electron chi connectivity index (χ1n) is 13.3. The molecule has 2 N–H and O–H groups in total. The summed E-state index contributed by atoms with van der Waals surface area (Å²) in [6.07, 6.45) is 3.65. The minimum atomic E-state index is -1.26. The molecular weight excluding hydrogens is 544 g/mol. The number of nitrogens with zero attached hydrogens (tertiary/aromatic N) is 4. The summed E-state index contributed by atoms with van der Waals surface area (Å²) in [6.45, 7) is 4.90. The van der Waals surface area contributed by atoms with Crippen LogP contribution in [0.15, 0.2) is 82.5 Å². The normalized spacial score (nSPS) is 13.3. The van der Waals surface area contributed by atoms with Crippen LogP contribution in [0.25, 0.3) is 0 Å². The summed E-state index contributed by atoms with van der Waals surface area (Å²) in [6, 6.07) is 17.5. The molecule has 2 heterocycles. The Kier molecular flexibility index (Phi) is 11.8. The Morgan fingerprint density at radius 2 is 1.50 bits per heavy atom. The number of carboxylic acid groups (broad SMARTS) is 2. The standard InChI is InChI=1S/C26H30N4O4.C4H4O4/c1-34-24-11-6-5-10-23(24)28-16-14-27(15-17-28)12-7-13-30-25(32)22(20-31)19-29(26(30)33)18-21-8-3-2-4-9-21;5-3(6)1-2-4(7)8/h2-6,8-11,19-20H,7,12-18H2,1H3;1-2H,(H,5,6)(H,7,8)/b;2-1+. The zero-order valence-corrected chi connectivity index (χ0v) is 23.3. The third-order valence-electron chi connectivity index (χ3n) is 6.61. The van der Waals surface area contributed by atoms with Crippen LogP contribution in [0.1, 0.15) is 22.3 Å². The van der Waals surface area contributed by atoms with E-state index >= 15 is 0 Å². The molecule has 0 bridgehead atoms. The van der Waals surface area contributed by atoms with Crippen molar-refractivity contribution in [1.29, 1.82) is 0 Å². The highest BCUT2D eigenvalue weighted by Crippen LogP contribution is 2.28. The molecule has 3 aromatic rings. The molecule has 0 unspecified atom stereocenters. The Morgan fingerprint density at radius 1 is 0.881 bits per heavy atom. The number of carbonyl (C=O) groups excluding carboxylic acids is 1. The van der Waals surface area contributed by atoms with E-state index in [2.05, 4.69) is 15.9 Å². The first-order valence-corrected chi connectivity index (χ1v) is 13.3. The number of para-hydroxylation sites is 2. The highest BCUT2D eigenvalue weighted by atomic mass is 16.5. The number of methoxy groups -OCH3 is 1. The lowest BCUT2D eigenvalue weighted by Gasteiger charge is -2.36. The quantitative estimate of drug-likeness (QED) is 0.255. The van der Waals surface area contributed by atoms with Crippen LogP contribution >= 0.6 is 0 Å². The van der Waals surface area contributed by atoms with Crippen LogP contribution < -0.4 is 20.9 Å². The Balaban J connectivity index is 0.000000531. The van der Waals surface area contributed by atoms with Crippen LogP contribution in [0.5, 0.6) is 5.75 Å². The van der Waals surface area contributed by atoms with Crippen molar-refractivity contribution in [3.63, 3.8) is 0 Å². The Morgan fingerprint density at radius 3 is 2.10 bits per heavy atom. The fraction of sp³-hybridized carbons (Fsp3) is 0.300. The van der Waals surface area contributed by atoms with Gasteiger partial charge >= 0.3 is 17.6 Å². The van der Waals surface area contributed by atoms with Gasteiger partial charge in [0.1, 0.15) is 5.75 Å². The van der Waals surface area contributed by atoms with Crippen molar-refractivity contribution in [3.05, 3.63) is 105 Å². The summed E-state index contributed by atoms with van der Waals surface area (Å²) < 4.78 is 8.11. The van der Waals surface area contributed by atoms with Crippen LogP contribution in [-0.4, -0.2) is 82.3 Å². The van der Waals surface area contributed by atoms with Gasteiger partial charge in [-0.25, -0.2) is 14.4 Å². The van der Waals surface area contributed by atoms with E-state index in [0.717, 1.165) is 49.7 Å². The van der Waals surface area contributed by atoms with Gasteiger partial charge in [0, 0.05) is 51.1 Å². The maximum Gasteiger partial charge on any atom is 0.331 e. The summed E-state index contributed by atoms with van der Waals surface area (Å²) in [5.74, 6) is -1.64. The third kappa shape index (κ3) is 9.03. The Bertz CT molecular complexity index is 1490. The lowest BCUT2D eigenvalue weighted by molar-refractivity contribution is -0.134. The van der Waals surface area contributed by atoms with E-state index in [1.54, 1.807) is 7.11 Å². The predicted molar refractivity (Wildman–Crippen MR) is 157 cm³/mol. The van der Waals surface area contributed by atoms with E-state index in [4.69, 9.17) is 14.9 Å². The number of ether oxygens (including phenoxy) is 1. The number of aromatic nitrogens is 2. The van der Waals surface area contributed by atoms with Gasteiger partial charge in [0.25, 0.3) is 5.56 Å². The van der Waals surface area contributed by atoms with E-state index in [-0.39, 0.29) is 17.8 Å². The molecule has 222 valence electrons. The molecule has 1 aliphatic rings. The van der Waals surface area contributed by atoms with Gasteiger partial charge in [0.05, 0.1) is 24.9 Å². The van der Waals surface area contributed by atoms with Crippen molar-refractivity contribution in [2.45, 2.75) is 19.5 Å². The molecule has 0 saturated carbocycles. The highest BCUT2D eigenvalue weighted by Gasteiger charge is 2.19. The summed E-state index contributed by atoms with van der Waals surface area (Å²) >= 11 is 0. The third-order valence-corrected chi connectivity index (χ3v) is 6.61. The number of anilines is 1. The number of hydrogen-bond acceptors (Lipinski definition) is 8. The summed E-state index contributed by atoms with van der Waals surface area (Å²) in [4.78, 5) is 60.9. The van der Waals surface area contributed by atoms with Crippen molar-refractivity contribution in [2.75, 3.05) is 44.7 Å². The van der Waals surface area contributed by atoms with E-state index < -0.39 is 17.5 Å². The molecule has 0 amide bonds. The zero-order valence-electron chi connectivity index (χ0n) is 23.3. The molecule has 1 aromatic heterocycles. The van der Waals surface area contributed by atoms with Gasteiger partial charge in [-0.3, -0.25) is 23.6 Å². The minimum absolute atomic E-state index is 0.000883. The summed E-state index contributed by atoms with van der Waals surface area (Å²) in [5, 5.41) is 15.6. The molecule has 12 heteroatoms. The number of hydrogen-bond donors (Lipinski definition) is 2. The molecule has 0 aliphatic carbocycles. The van der Waals surface area contributed by atoms with Gasteiger partial charge in [-0.2, -0.15) is 0 Å². The van der Waals surface area contributed by atoms with Crippen LogP contribution in [0.2, 0.25) is 0 Å². The Labute approximate surface area is 242 Å². The summed E-state index contributed by atoms with van der Waals surface area (Å²) in [5.41, 5.74) is 1.12. The van der Waals surface area contributed by atoms with Gasteiger partial charge in [-0.15, -0.1) is 0 Å². The van der Waals surface area contributed by atoms with E-state index in [9.17, 15) is 24.0 Å². The van der Waals surface area contributed by atoms with Gasteiger partial charge in [0.2, 0.25) is 0 Å². The van der Waals surface area contributed by atoms with Crippen molar-refractivity contribution in [1.82, 2.24) is 14.0 Å². The average Bonchev–Trinajstić information content (AvgIpc) is 3.00. The predicted octanol–water partition coefficient (Wildman–Crippen LogP) is 1.80. The minimum Gasteiger partial charge on any atom is -0.495 e. The number of aldehydes is 1. The molecule has 12 nitrogen and oxygen atoms in total.